The smallest absolute Gasteiger partial charge is 0.336 e. The van der Waals surface area contributed by atoms with Gasteiger partial charge in [0, 0.05) is 5.56 Å². The van der Waals surface area contributed by atoms with E-state index in [2.05, 4.69) is 13.8 Å². The fourth-order valence-corrected chi connectivity index (χ4v) is 1.77. The van der Waals surface area contributed by atoms with Crippen LogP contribution < -0.4 is 4.74 Å². The van der Waals surface area contributed by atoms with Gasteiger partial charge in [0.2, 0.25) is 0 Å². The predicted octanol–water partition coefficient (Wildman–Crippen LogP) is 2.67. The molecule has 0 saturated heterocycles. The monoisotopic (exact) mass is 218 g/mol. The minimum absolute atomic E-state index is 0.329. The van der Waals surface area contributed by atoms with Crippen molar-refractivity contribution < 1.29 is 14.6 Å². The van der Waals surface area contributed by atoms with Gasteiger partial charge in [0.25, 0.3) is 0 Å². The molecule has 1 aliphatic rings. The zero-order chi connectivity index (χ0) is 11.7. The van der Waals surface area contributed by atoms with Gasteiger partial charge >= 0.3 is 5.97 Å². The Morgan fingerprint density at radius 3 is 2.81 bits per heavy atom. The maximum Gasteiger partial charge on any atom is 0.336 e. The van der Waals surface area contributed by atoms with Crippen LogP contribution in [0.3, 0.4) is 0 Å². The van der Waals surface area contributed by atoms with Gasteiger partial charge in [-0.05, 0) is 29.7 Å². The van der Waals surface area contributed by atoms with Crippen LogP contribution in [0.2, 0.25) is 0 Å². The third kappa shape index (κ3) is 1.81. The van der Waals surface area contributed by atoms with E-state index < -0.39 is 5.97 Å². The second kappa shape index (κ2) is 4.00. The molecule has 3 heteroatoms. The van der Waals surface area contributed by atoms with Gasteiger partial charge in [-0.3, -0.25) is 0 Å². The highest BCUT2D eigenvalue weighted by Crippen LogP contribution is 2.32. The number of fused-ring (bicyclic) bond motifs is 1. The summed E-state index contributed by atoms with van der Waals surface area (Å²) in [4.78, 5) is 11.1. The molecule has 0 aromatic heterocycles. The highest BCUT2D eigenvalue weighted by Gasteiger charge is 2.19. The Labute approximate surface area is 94.4 Å². The van der Waals surface area contributed by atoms with Gasteiger partial charge in [-0.2, -0.15) is 0 Å². The standard InChI is InChI=1S/C13H14O3/c1-8(2)9-3-4-12-11(7-9)10(13(14)15)5-6-16-12/h3-5,7-8H,6H2,1-2H3,(H,14,15). The topological polar surface area (TPSA) is 46.5 Å². The molecule has 0 amide bonds. The molecule has 0 atom stereocenters. The Morgan fingerprint density at radius 1 is 1.44 bits per heavy atom. The highest BCUT2D eigenvalue weighted by molar-refractivity contribution is 6.16. The Morgan fingerprint density at radius 2 is 2.19 bits per heavy atom. The molecule has 0 aliphatic carbocycles. The molecule has 84 valence electrons. The summed E-state index contributed by atoms with van der Waals surface area (Å²) in [7, 11) is 0. The molecule has 1 aromatic rings. The number of carbonyl (C=O) groups is 1. The van der Waals surface area contributed by atoms with E-state index in [1.54, 1.807) is 6.08 Å². The molecule has 3 nitrogen and oxygen atoms in total. The largest absolute Gasteiger partial charge is 0.489 e. The molecule has 2 rings (SSSR count). The molecule has 0 saturated carbocycles. The van der Waals surface area contributed by atoms with Crippen LogP contribution in [-0.2, 0) is 4.79 Å². The Balaban J connectivity index is 2.52. The van der Waals surface area contributed by atoms with Crippen LogP contribution in [0.25, 0.3) is 5.57 Å². The molecule has 0 fully saturated rings. The number of carboxylic acid groups (broad SMARTS) is 1. The number of carboxylic acids is 1. The first-order valence-electron chi connectivity index (χ1n) is 5.30. The SMILES string of the molecule is CC(C)c1ccc2c(c1)C(C(=O)O)=CCO2. The first-order valence-corrected chi connectivity index (χ1v) is 5.30. The van der Waals surface area contributed by atoms with E-state index in [0.717, 1.165) is 5.56 Å². The van der Waals surface area contributed by atoms with Gasteiger partial charge in [-0.25, -0.2) is 4.79 Å². The average Bonchev–Trinajstić information content (AvgIpc) is 2.27. The van der Waals surface area contributed by atoms with Crippen molar-refractivity contribution >= 4 is 11.5 Å². The van der Waals surface area contributed by atoms with Crippen LogP contribution in [-0.4, -0.2) is 17.7 Å². The van der Waals surface area contributed by atoms with E-state index in [0.29, 0.717) is 29.4 Å². The van der Waals surface area contributed by atoms with Crippen LogP contribution in [0.5, 0.6) is 5.75 Å². The van der Waals surface area contributed by atoms with Crippen molar-refractivity contribution in [3.05, 3.63) is 35.4 Å². The number of ether oxygens (including phenoxy) is 1. The van der Waals surface area contributed by atoms with E-state index in [-0.39, 0.29) is 0 Å². The van der Waals surface area contributed by atoms with Gasteiger partial charge in [-0.15, -0.1) is 0 Å². The van der Waals surface area contributed by atoms with Gasteiger partial charge in [0.05, 0.1) is 5.57 Å². The lowest BCUT2D eigenvalue weighted by Gasteiger charge is -2.18. The number of hydrogen-bond acceptors (Lipinski definition) is 2. The molecule has 0 spiro atoms. The molecular formula is C13H14O3. The van der Waals surface area contributed by atoms with E-state index in [9.17, 15) is 4.79 Å². The number of hydrogen-bond donors (Lipinski definition) is 1. The maximum atomic E-state index is 11.1. The van der Waals surface area contributed by atoms with E-state index in [1.807, 2.05) is 18.2 Å². The fraction of sp³-hybridized carbons (Fsp3) is 0.308. The summed E-state index contributed by atoms with van der Waals surface area (Å²) in [5.41, 5.74) is 2.14. The Kier molecular flexibility index (Phi) is 2.69. The second-order valence-corrected chi connectivity index (χ2v) is 4.14. The summed E-state index contributed by atoms with van der Waals surface area (Å²) in [6.45, 7) is 4.49. The number of aliphatic carboxylic acids is 1. The van der Waals surface area contributed by atoms with E-state index >= 15 is 0 Å². The normalized spacial score (nSPS) is 14.1. The summed E-state index contributed by atoms with van der Waals surface area (Å²) >= 11 is 0. The second-order valence-electron chi connectivity index (χ2n) is 4.14. The molecule has 0 bridgehead atoms. The molecule has 1 aromatic carbocycles. The molecule has 1 N–H and O–H groups in total. The number of rotatable bonds is 2. The van der Waals surface area contributed by atoms with E-state index in [1.165, 1.54) is 0 Å². The lowest BCUT2D eigenvalue weighted by atomic mass is 9.95. The third-order valence-corrected chi connectivity index (χ3v) is 2.72. The first kappa shape index (κ1) is 10.7. The van der Waals surface area contributed by atoms with Gasteiger partial charge < -0.3 is 9.84 Å². The summed E-state index contributed by atoms with van der Waals surface area (Å²) in [5, 5.41) is 9.09. The van der Waals surface area contributed by atoms with Crippen LogP contribution in [0.4, 0.5) is 0 Å². The Hall–Kier alpha value is -1.77. The predicted molar refractivity (Wildman–Crippen MR) is 61.6 cm³/mol. The lowest BCUT2D eigenvalue weighted by Crippen LogP contribution is -2.10. The van der Waals surface area contributed by atoms with Gasteiger partial charge in [0.15, 0.2) is 0 Å². The maximum absolute atomic E-state index is 11.1. The average molecular weight is 218 g/mol. The van der Waals surface area contributed by atoms with Gasteiger partial charge in [-0.1, -0.05) is 19.9 Å². The van der Waals surface area contributed by atoms with Gasteiger partial charge in [0.1, 0.15) is 12.4 Å². The van der Waals surface area contributed by atoms with Crippen LogP contribution in [0, 0.1) is 0 Å². The van der Waals surface area contributed by atoms with Crippen molar-refractivity contribution in [2.24, 2.45) is 0 Å². The molecule has 0 radical (unpaired) electrons. The first-order chi connectivity index (χ1) is 7.59. The van der Waals surface area contributed by atoms with Crippen LogP contribution in [0.1, 0.15) is 30.9 Å². The van der Waals surface area contributed by atoms with Crippen molar-refractivity contribution in [2.45, 2.75) is 19.8 Å². The summed E-state index contributed by atoms with van der Waals surface area (Å²) in [5.74, 6) is 0.136. The van der Waals surface area contributed by atoms with Crippen molar-refractivity contribution in [3.63, 3.8) is 0 Å². The summed E-state index contributed by atoms with van der Waals surface area (Å²) in [6, 6.07) is 5.73. The van der Waals surface area contributed by atoms with Crippen LogP contribution >= 0.6 is 0 Å². The fourth-order valence-electron chi connectivity index (χ4n) is 1.77. The minimum atomic E-state index is -0.898. The molecular weight excluding hydrogens is 204 g/mol. The van der Waals surface area contributed by atoms with Crippen molar-refractivity contribution in [2.75, 3.05) is 6.61 Å². The quantitative estimate of drug-likeness (QED) is 0.830. The lowest BCUT2D eigenvalue weighted by molar-refractivity contribution is -0.130. The zero-order valence-electron chi connectivity index (χ0n) is 9.36. The molecule has 0 unspecified atom stereocenters. The third-order valence-electron chi connectivity index (χ3n) is 2.72. The minimum Gasteiger partial charge on any atom is -0.489 e. The van der Waals surface area contributed by atoms with Crippen LogP contribution in [0.15, 0.2) is 24.3 Å². The Bertz CT molecular complexity index is 458. The summed E-state index contributed by atoms with van der Waals surface area (Å²) < 4.78 is 5.40. The summed E-state index contributed by atoms with van der Waals surface area (Å²) in [6.07, 6.45) is 1.61. The zero-order valence-corrected chi connectivity index (χ0v) is 9.36. The highest BCUT2D eigenvalue weighted by atomic mass is 16.5. The molecule has 1 aliphatic heterocycles. The molecule has 16 heavy (non-hydrogen) atoms. The van der Waals surface area contributed by atoms with Crippen molar-refractivity contribution in [3.8, 4) is 5.75 Å². The van der Waals surface area contributed by atoms with E-state index in [4.69, 9.17) is 9.84 Å². The van der Waals surface area contributed by atoms with Crippen molar-refractivity contribution in [1.82, 2.24) is 0 Å². The number of benzene rings is 1. The van der Waals surface area contributed by atoms with Crippen molar-refractivity contribution in [1.29, 1.82) is 0 Å². The molecule has 1 heterocycles.